The van der Waals surface area contributed by atoms with Crippen LogP contribution in [-0.4, -0.2) is 23.5 Å². The van der Waals surface area contributed by atoms with E-state index in [1.807, 2.05) is 17.0 Å². The molecule has 0 aromatic heterocycles. The summed E-state index contributed by atoms with van der Waals surface area (Å²) in [7, 11) is 0. The first kappa shape index (κ1) is 16.3. The minimum Gasteiger partial charge on any atom is -0.478 e. The van der Waals surface area contributed by atoms with Crippen LogP contribution in [0.1, 0.15) is 16.7 Å². The molecule has 2 aromatic rings. The number of aliphatic carboxylic acids is 1. The van der Waals surface area contributed by atoms with Crippen LogP contribution in [0.3, 0.4) is 0 Å². The van der Waals surface area contributed by atoms with E-state index in [1.165, 1.54) is 6.08 Å². The lowest BCUT2D eigenvalue weighted by Crippen LogP contribution is -2.29. The number of nitriles is 1. The molecule has 0 radical (unpaired) electrons. The number of hydrogen-bond donors (Lipinski definition) is 2. The van der Waals surface area contributed by atoms with E-state index in [1.54, 1.807) is 30.3 Å². The number of benzene rings is 2. The molecule has 2 N–H and O–H groups in total. The highest BCUT2D eigenvalue weighted by Crippen LogP contribution is 2.26. The van der Waals surface area contributed by atoms with Crippen LogP contribution in [-0.2, 0) is 16.1 Å². The number of rotatable bonds is 3. The van der Waals surface area contributed by atoms with Gasteiger partial charge in [-0.25, -0.2) is 4.79 Å². The molecule has 25 heavy (non-hydrogen) atoms. The molecule has 0 atom stereocenters. The van der Waals surface area contributed by atoms with Crippen molar-refractivity contribution in [2.75, 3.05) is 16.8 Å². The smallest absolute Gasteiger partial charge is 0.328 e. The second-order valence-corrected chi connectivity index (χ2v) is 5.65. The third-order valence-electron chi connectivity index (χ3n) is 3.86. The normalized spacial score (nSPS) is 13.7. The van der Waals surface area contributed by atoms with Gasteiger partial charge in [0.2, 0.25) is 5.91 Å². The van der Waals surface area contributed by atoms with Gasteiger partial charge in [0.05, 0.1) is 18.2 Å². The van der Waals surface area contributed by atoms with E-state index in [0.717, 1.165) is 17.3 Å². The summed E-state index contributed by atoms with van der Waals surface area (Å²) in [5, 5.41) is 20.6. The molecular weight excluding hydrogens is 318 g/mol. The van der Waals surface area contributed by atoms with Gasteiger partial charge in [0.25, 0.3) is 0 Å². The van der Waals surface area contributed by atoms with Crippen LogP contribution in [0.2, 0.25) is 0 Å². The maximum Gasteiger partial charge on any atom is 0.328 e. The zero-order chi connectivity index (χ0) is 17.8. The quantitative estimate of drug-likeness (QED) is 0.842. The molecule has 0 saturated carbocycles. The molecule has 0 bridgehead atoms. The second-order valence-electron chi connectivity index (χ2n) is 5.65. The van der Waals surface area contributed by atoms with Crippen molar-refractivity contribution in [1.82, 2.24) is 0 Å². The van der Waals surface area contributed by atoms with E-state index in [4.69, 9.17) is 10.4 Å². The van der Waals surface area contributed by atoms with Crippen LogP contribution in [0.25, 0.3) is 6.08 Å². The fourth-order valence-corrected chi connectivity index (χ4v) is 2.70. The zero-order valence-electron chi connectivity index (χ0n) is 13.3. The molecule has 0 fully saturated rings. The molecule has 0 spiro atoms. The molecule has 1 aliphatic rings. The molecule has 1 heterocycles. The Balaban J connectivity index is 1.92. The van der Waals surface area contributed by atoms with Gasteiger partial charge >= 0.3 is 5.97 Å². The summed E-state index contributed by atoms with van der Waals surface area (Å²) in [5.74, 6) is -1.19. The summed E-state index contributed by atoms with van der Waals surface area (Å²) in [6.07, 6.45) is 2.54. The third-order valence-corrected chi connectivity index (χ3v) is 3.86. The first-order valence-corrected chi connectivity index (χ1v) is 7.64. The highest BCUT2D eigenvalue weighted by Gasteiger charge is 2.20. The Kier molecular flexibility index (Phi) is 4.48. The van der Waals surface area contributed by atoms with Crippen LogP contribution < -0.4 is 10.2 Å². The lowest BCUT2D eigenvalue weighted by atomic mass is 10.1. The summed E-state index contributed by atoms with van der Waals surface area (Å²) in [6.45, 7) is 0.676. The molecule has 6 nitrogen and oxygen atoms in total. The predicted octanol–water partition coefficient (Wildman–Crippen LogP) is 2.61. The topological polar surface area (TPSA) is 93.4 Å². The van der Waals surface area contributed by atoms with Crippen molar-refractivity contribution in [2.24, 2.45) is 0 Å². The second kappa shape index (κ2) is 6.89. The molecule has 0 aliphatic carbocycles. The summed E-state index contributed by atoms with van der Waals surface area (Å²) in [5.41, 5.74) is 3.62. The van der Waals surface area contributed by atoms with Crippen LogP contribution in [0.5, 0.6) is 0 Å². The van der Waals surface area contributed by atoms with Crippen molar-refractivity contribution in [3.05, 3.63) is 65.2 Å². The van der Waals surface area contributed by atoms with Crippen molar-refractivity contribution in [3.63, 3.8) is 0 Å². The Bertz CT molecular complexity index is 912. The Morgan fingerprint density at radius 3 is 2.84 bits per heavy atom. The number of carbonyl (C=O) groups excluding carboxylic acids is 1. The SMILES string of the molecule is N#Cc1cccc(N2CC(=O)Nc3cc(/C=C/C(=O)O)ccc3C2)c1. The Morgan fingerprint density at radius 2 is 2.08 bits per heavy atom. The Morgan fingerprint density at radius 1 is 1.24 bits per heavy atom. The first-order chi connectivity index (χ1) is 12.0. The van der Waals surface area contributed by atoms with Crippen molar-refractivity contribution in [2.45, 2.75) is 6.54 Å². The van der Waals surface area contributed by atoms with E-state index >= 15 is 0 Å². The van der Waals surface area contributed by atoms with Gasteiger partial charge < -0.3 is 15.3 Å². The largest absolute Gasteiger partial charge is 0.478 e. The molecule has 0 saturated heterocycles. The lowest BCUT2D eigenvalue weighted by molar-refractivity contribution is -0.131. The first-order valence-electron chi connectivity index (χ1n) is 7.64. The van der Waals surface area contributed by atoms with Gasteiger partial charge in [0.15, 0.2) is 0 Å². The molecule has 2 aromatic carbocycles. The number of carboxylic acids is 1. The summed E-state index contributed by atoms with van der Waals surface area (Å²) >= 11 is 0. The number of anilines is 2. The molecule has 1 aliphatic heterocycles. The monoisotopic (exact) mass is 333 g/mol. The number of hydrogen-bond acceptors (Lipinski definition) is 4. The highest BCUT2D eigenvalue weighted by atomic mass is 16.4. The molecule has 0 unspecified atom stereocenters. The highest BCUT2D eigenvalue weighted by molar-refractivity contribution is 5.96. The van der Waals surface area contributed by atoms with Crippen molar-refractivity contribution in [1.29, 1.82) is 5.26 Å². The number of nitrogens with zero attached hydrogens (tertiary/aromatic N) is 2. The number of carbonyl (C=O) groups is 2. The zero-order valence-corrected chi connectivity index (χ0v) is 13.3. The van der Waals surface area contributed by atoms with E-state index < -0.39 is 5.97 Å². The van der Waals surface area contributed by atoms with E-state index in [2.05, 4.69) is 11.4 Å². The van der Waals surface area contributed by atoms with Crippen molar-refractivity contribution < 1.29 is 14.7 Å². The number of carboxylic acid groups (broad SMARTS) is 1. The average Bonchev–Trinajstić information content (AvgIpc) is 2.77. The molecular formula is C19H15N3O3. The van der Waals surface area contributed by atoms with E-state index in [0.29, 0.717) is 23.4 Å². The van der Waals surface area contributed by atoms with Gasteiger partial charge in [0, 0.05) is 24.0 Å². The number of amides is 1. The average molecular weight is 333 g/mol. The maximum absolute atomic E-state index is 12.2. The van der Waals surface area contributed by atoms with Gasteiger partial charge in [-0.15, -0.1) is 0 Å². The Hall–Kier alpha value is -3.59. The standard InChI is InChI=1S/C19H15N3O3/c20-10-14-2-1-3-16(8-14)22-11-15-6-4-13(5-7-19(24)25)9-17(15)21-18(23)12-22/h1-9H,11-12H2,(H,21,23)(H,24,25)/b7-5+. The van der Waals surface area contributed by atoms with Crippen LogP contribution >= 0.6 is 0 Å². The minimum atomic E-state index is -1.03. The fourth-order valence-electron chi connectivity index (χ4n) is 2.70. The van der Waals surface area contributed by atoms with Crippen molar-refractivity contribution >= 4 is 29.3 Å². The summed E-state index contributed by atoms with van der Waals surface area (Å²) < 4.78 is 0. The Labute approximate surface area is 144 Å². The van der Waals surface area contributed by atoms with Crippen LogP contribution in [0.15, 0.2) is 48.5 Å². The van der Waals surface area contributed by atoms with Gasteiger partial charge in [0.1, 0.15) is 0 Å². The number of fused-ring (bicyclic) bond motifs is 1. The van der Waals surface area contributed by atoms with Gasteiger partial charge in [-0.05, 0) is 41.5 Å². The van der Waals surface area contributed by atoms with Gasteiger partial charge in [-0.3, -0.25) is 4.79 Å². The van der Waals surface area contributed by atoms with Crippen LogP contribution in [0.4, 0.5) is 11.4 Å². The summed E-state index contributed by atoms with van der Waals surface area (Å²) in [4.78, 5) is 24.8. The molecule has 6 heteroatoms. The van der Waals surface area contributed by atoms with Gasteiger partial charge in [-0.1, -0.05) is 18.2 Å². The predicted molar refractivity (Wildman–Crippen MR) is 93.9 cm³/mol. The van der Waals surface area contributed by atoms with Crippen LogP contribution in [0, 0.1) is 11.3 Å². The fraction of sp³-hybridized carbons (Fsp3) is 0.105. The van der Waals surface area contributed by atoms with Crippen molar-refractivity contribution in [3.8, 4) is 6.07 Å². The third kappa shape index (κ3) is 3.85. The molecule has 124 valence electrons. The van der Waals surface area contributed by atoms with E-state index in [-0.39, 0.29) is 12.5 Å². The van der Waals surface area contributed by atoms with Gasteiger partial charge in [-0.2, -0.15) is 5.26 Å². The maximum atomic E-state index is 12.2. The molecule has 1 amide bonds. The lowest BCUT2D eigenvalue weighted by Gasteiger charge is -2.22. The minimum absolute atomic E-state index is 0.166. The molecule has 3 rings (SSSR count). The van der Waals surface area contributed by atoms with E-state index in [9.17, 15) is 9.59 Å². The number of nitrogens with one attached hydrogen (secondary N) is 1. The summed E-state index contributed by atoms with van der Waals surface area (Å²) in [6, 6.07) is 14.6.